The van der Waals surface area contributed by atoms with Crippen LogP contribution in [-0.2, 0) is 11.2 Å². The van der Waals surface area contributed by atoms with Crippen molar-refractivity contribution in [3.8, 4) is 16.2 Å². The lowest BCUT2D eigenvalue weighted by molar-refractivity contribution is -0.117. The van der Waals surface area contributed by atoms with Gasteiger partial charge in [-0.1, -0.05) is 23.7 Å². The number of fused-ring (bicyclic) bond motifs is 3. The van der Waals surface area contributed by atoms with Crippen molar-refractivity contribution >= 4 is 46.2 Å². The highest BCUT2D eigenvalue weighted by Crippen LogP contribution is 2.41. The number of anilines is 1. The Kier molecular flexibility index (Phi) is 8.40. The van der Waals surface area contributed by atoms with E-state index in [1.807, 2.05) is 30.3 Å². The van der Waals surface area contributed by atoms with Crippen molar-refractivity contribution in [2.75, 3.05) is 31.2 Å². The van der Waals surface area contributed by atoms with Gasteiger partial charge in [-0.2, -0.15) is 0 Å². The Morgan fingerprint density at radius 3 is 2.72 bits per heavy atom. The molecule has 0 radical (unpaired) electrons. The number of nitrogens with one attached hydrogen (secondary N) is 1. The molecule has 2 aromatic carbocycles. The summed E-state index contributed by atoms with van der Waals surface area (Å²) in [6.07, 6.45) is 1.65. The molecule has 3 aromatic rings. The van der Waals surface area contributed by atoms with Gasteiger partial charge in [0.05, 0.1) is 28.8 Å². The van der Waals surface area contributed by atoms with Crippen LogP contribution in [0.15, 0.2) is 48.5 Å². The van der Waals surface area contributed by atoms with Gasteiger partial charge in [0.1, 0.15) is 11.5 Å². The van der Waals surface area contributed by atoms with E-state index < -0.39 is 0 Å². The summed E-state index contributed by atoms with van der Waals surface area (Å²) in [6, 6.07) is 14.4. The van der Waals surface area contributed by atoms with Gasteiger partial charge < -0.3 is 24.9 Å². The molecule has 0 aliphatic carbocycles. The number of para-hydroxylation sites is 1. The molecule has 0 spiro atoms. The van der Waals surface area contributed by atoms with E-state index in [0.717, 1.165) is 21.8 Å². The van der Waals surface area contributed by atoms with Crippen LogP contribution in [0.2, 0.25) is 5.02 Å². The second kappa shape index (κ2) is 11.7. The van der Waals surface area contributed by atoms with E-state index >= 15 is 0 Å². The first kappa shape index (κ1) is 25.9. The second-order valence-electron chi connectivity index (χ2n) is 8.47. The van der Waals surface area contributed by atoms with E-state index in [0.29, 0.717) is 48.5 Å². The number of Topliss-reactive ketones (excluding diaryl/α,β-unsaturated/α-hetero) is 1. The summed E-state index contributed by atoms with van der Waals surface area (Å²) in [5.74, 6) is 0.284. The highest BCUT2D eigenvalue weighted by Gasteiger charge is 2.26. The first-order valence-corrected chi connectivity index (χ1v) is 12.9. The Labute approximate surface area is 218 Å². The molecule has 0 unspecified atom stereocenters. The van der Waals surface area contributed by atoms with E-state index in [-0.39, 0.29) is 35.8 Å². The molecule has 1 aliphatic rings. The molecule has 0 saturated heterocycles. The van der Waals surface area contributed by atoms with Crippen molar-refractivity contribution in [3.05, 3.63) is 69.6 Å². The third-order valence-electron chi connectivity index (χ3n) is 5.84. The van der Waals surface area contributed by atoms with Crippen LogP contribution in [0.4, 0.5) is 5.69 Å². The Morgan fingerprint density at radius 1 is 1.17 bits per heavy atom. The van der Waals surface area contributed by atoms with E-state index in [1.165, 1.54) is 29.2 Å². The zero-order valence-electron chi connectivity index (χ0n) is 19.9. The van der Waals surface area contributed by atoms with Gasteiger partial charge in [-0.05, 0) is 55.3 Å². The van der Waals surface area contributed by atoms with Gasteiger partial charge in [0, 0.05) is 41.9 Å². The number of carbonyl (C=O) groups excluding carboxylic acids is 3. The van der Waals surface area contributed by atoms with E-state index in [9.17, 15) is 19.5 Å². The summed E-state index contributed by atoms with van der Waals surface area (Å²) in [7, 11) is 0. The fourth-order valence-corrected chi connectivity index (χ4v) is 5.54. The molecule has 7 nitrogen and oxygen atoms in total. The van der Waals surface area contributed by atoms with E-state index in [2.05, 4.69) is 5.32 Å². The summed E-state index contributed by atoms with van der Waals surface area (Å²) in [6.45, 7) is 2.22. The van der Waals surface area contributed by atoms with E-state index in [1.54, 1.807) is 12.1 Å². The fourth-order valence-electron chi connectivity index (χ4n) is 4.07. The number of nitrogens with zero attached hydrogens (tertiary/aromatic N) is 1. The molecule has 36 heavy (non-hydrogen) atoms. The number of aliphatic hydroxyl groups excluding tert-OH is 1. The lowest BCUT2D eigenvalue weighted by Crippen LogP contribution is -2.33. The first-order chi connectivity index (χ1) is 17.4. The van der Waals surface area contributed by atoms with Crippen LogP contribution >= 0.6 is 22.9 Å². The van der Waals surface area contributed by atoms with Gasteiger partial charge in [-0.15, -0.1) is 11.3 Å². The monoisotopic (exact) mass is 526 g/mol. The van der Waals surface area contributed by atoms with Crippen molar-refractivity contribution in [3.63, 3.8) is 0 Å². The smallest absolute Gasteiger partial charge is 0.268 e. The lowest BCUT2D eigenvalue weighted by atomic mass is 10.1. The molecule has 0 bridgehead atoms. The lowest BCUT2D eigenvalue weighted by Gasteiger charge is -2.23. The van der Waals surface area contributed by atoms with Gasteiger partial charge in [0.25, 0.3) is 11.8 Å². The summed E-state index contributed by atoms with van der Waals surface area (Å²) in [4.78, 5) is 40.1. The Bertz CT molecular complexity index is 1290. The number of aliphatic hydroxyl groups is 1. The van der Waals surface area contributed by atoms with Gasteiger partial charge in [0.15, 0.2) is 0 Å². The molecular weight excluding hydrogens is 500 g/mol. The van der Waals surface area contributed by atoms with Gasteiger partial charge in [0.2, 0.25) is 0 Å². The van der Waals surface area contributed by atoms with Gasteiger partial charge >= 0.3 is 0 Å². The minimum atomic E-state index is -0.310. The number of carbonyl (C=O) groups is 3. The summed E-state index contributed by atoms with van der Waals surface area (Å²) in [5.41, 5.74) is 2.76. The maximum atomic E-state index is 13.6. The van der Waals surface area contributed by atoms with Crippen molar-refractivity contribution in [1.29, 1.82) is 0 Å². The first-order valence-electron chi connectivity index (χ1n) is 11.7. The number of ether oxygens (including phenoxy) is 1. The summed E-state index contributed by atoms with van der Waals surface area (Å²) < 4.78 is 5.85. The molecule has 1 aromatic heterocycles. The molecule has 0 saturated carbocycles. The van der Waals surface area contributed by atoms with Crippen LogP contribution < -0.4 is 15.0 Å². The zero-order valence-corrected chi connectivity index (χ0v) is 21.5. The number of thiophene rings is 1. The minimum absolute atomic E-state index is 0.0530. The van der Waals surface area contributed by atoms with E-state index in [4.69, 9.17) is 16.3 Å². The topological polar surface area (TPSA) is 95.9 Å². The van der Waals surface area contributed by atoms with Crippen molar-refractivity contribution in [1.82, 2.24) is 5.32 Å². The number of amides is 2. The predicted molar refractivity (Wildman–Crippen MR) is 141 cm³/mol. The Morgan fingerprint density at radius 2 is 1.97 bits per heavy atom. The number of benzene rings is 2. The number of hydrogen-bond acceptors (Lipinski definition) is 6. The fraction of sp³-hybridized carbons (Fsp3) is 0.296. The van der Waals surface area contributed by atoms with Crippen molar-refractivity contribution in [2.45, 2.75) is 26.2 Å². The molecule has 0 atom stereocenters. The molecule has 0 fully saturated rings. The molecule has 2 amide bonds. The predicted octanol–water partition coefficient (Wildman–Crippen LogP) is 4.74. The van der Waals surface area contributed by atoms with Gasteiger partial charge in [-0.3, -0.25) is 9.59 Å². The zero-order chi connectivity index (χ0) is 25.7. The normalized spacial score (nSPS) is 12.1. The number of rotatable bonds is 9. The van der Waals surface area contributed by atoms with Crippen molar-refractivity contribution in [2.24, 2.45) is 0 Å². The van der Waals surface area contributed by atoms with Crippen LogP contribution in [-0.4, -0.2) is 49.0 Å². The highest BCUT2D eigenvalue weighted by molar-refractivity contribution is 7.17. The maximum absolute atomic E-state index is 13.6. The molecular formula is C27H27ClN2O5S. The largest absolute Gasteiger partial charge is 0.493 e. The van der Waals surface area contributed by atoms with Crippen molar-refractivity contribution < 1.29 is 24.2 Å². The Balaban J connectivity index is 1.56. The minimum Gasteiger partial charge on any atom is -0.493 e. The molecule has 2 heterocycles. The molecule has 9 heteroatoms. The molecule has 1 aliphatic heterocycles. The average molecular weight is 527 g/mol. The van der Waals surface area contributed by atoms with Crippen LogP contribution in [0.3, 0.4) is 0 Å². The van der Waals surface area contributed by atoms with Crippen LogP contribution in [0, 0.1) is 0 Å². The SMILES string of the molecule is CC(=O)CCCNC(=O)c1ccc(N(CCO)C(=O)c2cc3c(s2)-c2ccccc2OCC3)c(Cl)c1. The molecule has 4 rings (SSSR count). The Hall–Kier alpha value is -3.20. The standard InChI is InChI=1S/C27H27ClN2O5S/c1-17(32)5-4-11-29-26(33)19-8-9-22(21(28)15-19)30(12-13-31)27(34)24-16-18-10-14-35-23-7-3-2-6-20(23)25(18)36-24/h2-3,6-9,15-16,31H,4-5,10-14H2,1H3,(H,29,33). The van der Waals surface area contributed by atoms with Crippen LogP contribution in [0.25, 0.3) is 10.4 Å². The average Bonchev–Trinajstić information content (AvgIpc) is 3.21. The molecule has 2 N–H and O–H groups in total. The quantitative estimate of drug-likeness (QED) is 0.393. The van der Waals surface area contributed by atoms with Crippen LogP contribution in [0.1, 0.15) is 45.4 Å². The van der Waals surface area contributed by atoms with Crippen LogP contribution in [0.5, 0.6) is 5.75 Å². The number of hydrogen-bond donors (Lipinski definition) is 2. The third kappa shape index (κ3) is 5.78. The summed E-state index contributed by atoms with van der Waals surface area (Å²) in [5, 5.41) is 12.7. The second-order valence-corrected chi connectivity index (χ2v) is 9.93. The summed E-state index contributed by atoms with van der Waals surface area (Å²) >= 11 is 7.91. The number of ketones is 1. The number of halogens is 1. The third-order valence-corrected chi connectivity index (χ3v) is 7.34. The van der Waals surface area contributed by atoms with Gasteiger partial charge in [-0.25, -0.2) is 0 Å². The molecule has 188 valence electrons. The highest BCUT2D eigenvalue weighted by atomic mass is 35.5. The maximum Gasteiger partial charge on any atom is 0.268 e.